The van der Waals surface area contributed by atoms with Crippen LogP contribution in [0.25, 0.3) is 0 Å². The highest BCUT2D eigenvalue weighted by Crippen LogP contribution is 2.21. The van der Waals surface area contributed by atoms with E-state index in [0.29, 0.717) is 12.1 Å². The van der Waals surface area contributed by atoms with Crippen LogP contribution in [-0.2, 0) is 14.8 Å². The van der Waals surface area contributed by atoms with Gasteiger partial charge in [0.2, 0.25) is 15.9 Å². The second-order valence-corrected chi connectivity index (χ2v) is 8.16. The molecule has 1 aromatic carbocycles. The zero-order valence-electron chi connectivity index (χ0n) is 13.6. The quantitative estimate of drug-likeness (QED) is 0.869. The average Bonchev–Trinajstić information content (AvgIpc) is 2.88. The second kappa shape index (κ2) is 6.22. The molecule has 0 spiro atoms. The molecule has 126 valence electrons. The highest BCUT2D eigenvalue weighted by Gasteiger charge is 2.35. The molecular formula is C16H23N3O3S. The molecular weight excluding hydrogens is 314 g/mol. The van der Waals surface area contributed by atoms with Crippen molar-refractivity contribution in [2.24, 2.45) is 0 Å². The van der Waals surface area contributed by atoms with Crippen molar-refractivity contribution in [2.75, 3.05) is 32.7 Å². The molecule has 0 aliphatic carbocycles. The van der Waals surface area contributed by atoms with Gasteiger partial charge < -0.3 is 4.90 Å². The monoisotopic (exact) mass is 337 g/mol. The molecule has 1 N–H and O–H groups in total. The van der Waals surface area contributed by atoms with Gasteiger partial charge in [0.15, 0.2) is 0 Å². The molecule has 7 heteroatoms. The highest BCUT2D eigenvalue weighted by atomic mass is 32.2. The Labute approximate surface area is 137 Å². The van der Waals surface area contributed by atoms with Crippen LogP contribution in [0.3, 0.4) is 0 Å². The summed E-state index contributed by atoms with van der Waals surface area (Å²) >= 11 is 0. The first-order valence-corrected chi connectivity index (χ1v) is 9.44. The number of nitrogens with one attached hydrogen (secondary N) is 1. The summed E-state index contributed by atoms with van der Waals surface area (Å²) in [6, 6.07) is 5.53. The molecule has 6 nitrogen and oxygen atoms in total. The Kier molecular flexibility index (Phi) is 4.44. The van der Waals surface area contributed by atoms with Crippen LogP contribution >= 0.6 is 0 Å². The standard InChI is InChI=1S/C16H23N3O3S/c1-12-3-4-13(2)15(9-12)23(21,22)17-10-16(20)19-8-7-18-6-5-14(19)11-18/h3-4,9,14,17H,5-8,10-11H2,1-2H3. The third kappa shape index (κ3) is 3.41. The summed E-state index contributed by atoms with van der Waals surface area (Å²) in [7, 11) is -3.67. The van der Waals surface area contributed by atoms with E-state index in [4.69, 9.17) is 0 Å². The van der Waals surface area contributed by atoms with Crippen molar-refractivity contribution in [1.29, 1.82) is 0 Å². The third-order valence-electron chi connectivity index (χ3n) is 4.71. The lowest BCUT2D eigenvalue weighted by Crippen LogP contribution is -2.52. The molecule has 2 aliphatic heterocycles. The van der Waals surface area contributed by atoms with Crippen molar-refractivity contribution in [3.05, 3.63) is 29.3 Å². The summed E-state index contributed by atoms with van der Waals surface area (Å²) in [4.78, 5) is 16.8. The molecule has 0 saturated carbocycles. The van der Waals surface area contributed by atoms with E-state index in [-0.39, 0.29) is 23.4 Å². The number of aryl methyl sites for hydroxylation is 2. The average molecular weight is 337 g/mol. The van der Waals surface area contributed by atoms with Crippen LogP contribution in [0.2, 0.25) is 0 Å². The zero-order valence-corrected chi connectivity index (χ0v) is 14.4. The Bertz CT molecular complexity index is 717. The minimum atomic E-state index is -3.67. The van der Waals surface area contributed by atoms with Gasteiger partial charge in [0.1, 0.15) is 0 Å². The Hall–Kier alpha value is -1.44. The number of benzene rings is 1. The summed E-state index contributed by atoms with van der Waals surface area (Å²) in [5.74, 6) is -0.134. The highest BCUT2D eigenvalue weighted by molar-refractivity contribution is 7.89. The lowest BCUT2D eigenvalue weighted by atomic mass is 10.2. The zero-order chi connectivity index (χ0) is 16.6. The van der Waals surface area contributed by atoms with Gasteiger partial charge in [-0.25, -0.2) is 13.1 Å². The lowest BCUT2D eigenvalue weighted by Gasteiger charge is -2.34. The second-order valence-electron chi connectivity index (χ2n) is 6.42. The molecule has 2 heterocycles. The SMILES string of the molecule is Cc1ccc(C)c(S(=O)(=O)NCC(=O)N2CCN3CCC2C3)c1. The normalized spacial score (nSPS) is 24.0. The number of sulfonamides is 1. The van der Waals surface area contributed by atoms with Gasteiger partial charge in [0.25, 0.3) is 0 Å². The summed E-state index contributed by atoms with van der Waals surface area (Å²) < 4.78 is 27.4. The molecule has 0 aromatic heterocycles. The number of nitrogens with zero attached hydrogens (tertiary/aromatic N) is 2. The van der Waals surface area contributed by atoms with Crippen LogP contribution in [-0.4, -0.2) is 62.9 Å². The number of hydrogen-bond donors (Lipinski definition) is 1. The van der Waals surface area contributed by atoms with Gasteiger partial charge in [-0.3, -0.25) is 9.69 Å². The van der Waals surface area contributed by atoms with Gasteiger partial charge in [0, 0.05) is 32.2 Å². The number of hydrogen-bond acceptors (Lipinski definition) is 4. The maximum absolute atomic E-state index is 12.5. The first kappa shape index (κ1) is 16.4. The van der Waals surface area contributed by atoms with Crippen LogP contribution < -0.4 is 4.72 Å². The number of amides is 1. The molecule has 0 radical (unpaired) electrons. The topological polar surface area (TPSA) is 69.7 Å². The molecule has 3 rings (SSSR count). The molecule has 2 bridgehead atoms. The minimum absolute atomic E-state index is 0.134. The van der Waals surface area contributed by atoms with Crippen LogP contribution in [0.15, 0.2) is 23.1 Å². The van der Waals surface area contributed by atoms with Crippen LogP contribution in [0, 0.1) is 13.8 Å². The first-order valence-electron chi connectivity index (χ1n) is 7.95. The number of rotatable bonds is 4. The predicted molar refractivity (Wildman–Crippen MR) is 87.7 cm³/mol. The van der Waals surface area contributed by atoms with Crippen LogP contribution in [0.4, 0.5) is 0 Å². The van der Waals surface area contributed by atoms with Gasteiger partial charge in [0.05, 0.1) is 11.4 Å². The van der Waals surface area contributed by atoms with E-state index in [1.54, 1.807) is 19.1 Å². The van der Waals surface area contributed by atoms with Crippen molar-refractivity contribution in [2.45, 2.75) is 31.2 Å². The third-order valence-corrected chi connectivity index (χ3v) is 6.26. The van der Waals surface area contributed by atoms with E-state index in [0.717, 1.165) is 31.6 Å². The maximum atomic E-state index is 12.5. The molecule has 2 fully saturated rings. The number of carbonyl (C=O) groups is 1. The van der Waals surface area contributed by atoms with Crippen LogP contribution in [0.5, 0.6) is 0 Å². The molecule has 23 heavy (non-hydrogen) atoms. The molecule has 2 atom stereocenters. The van der Waals surface area contributed by atoms with Gasteiger partial charge in [-0.15, -0.1) is 0 Å². The Morgan fingerprint density at radius 2 is 2.04 bits per heavy atom. The maximum Gasteiger partial charge on any atom is 0.241 e. The van der Waals surface area contributed by atoms with Crippen molar-refractivity contribution < 1.29 is 13.2 Å². The lowest BCUT2D eigenvalue weighted by molar-refractivity contribution is -0.133. The largest absolute Gasteiger partial charge is 0.336 e. The Balaban J connectivity index is 1.67. The first-order chi connectivity index (χ1) is 10.9. The molecule has 2 aliphatic rings. The number of piperazine rings is 1. The summed E-state index contributed by atoms with van der Waals surface area (Å²) in [5.41, 5.74) is 1.56. The molecule has 2 unspecified atom stereocenters. The number of carbonyl (C=O) groups excluding carboxylic acids is 1. The molecule has 1 amide bonds. The Morgan fingerprint density at radius 3 is 2.83 bits per heavy atom. The van der Waals surface area contributed by atoms with E-state index in [1.807, 2.05) is 17.9 Å². The van der Waals surface area contributed by atoms with E-state index >= 15 is 0 Å². The number of fused-ring (bicyclic) bond motifs is 2. The summed E-state index contributed by atoms with van der Waals surface area (Å²) in [6.07, 6.45) is 0.982. The van der Waals surface area contributed by atoms with E-state index in [1.165, 1.54) is 0 Å². The van der Waals surface area contributed by atoms with Gasteiger partial charge in [-0.1, -0.05) is 12.1 Å². The van der Waals surface area contributed by atoms with E-state index in [2.05, 4.69) is 9.62 Å². The van der Waals surface area contributed by atoms with E-state index in [9.17, 15) is 13.2 Å². The molecule has 1 aromatic rings. The summed E-state index contributed by atoms with van der Waals surface area (Å²) in [6.45, 7) is 6.95. The smallest absolute Gasteiger partial charge is 0.241 e. The Morgan fingerprint density at radius 1 is 1.26 bits per heavy atom. The van der Waals surface area contributed by atoms with Gasteiger partial charge in [-0.05, 0) is 37.5 Å². The fourth-order valence-electron chi connectivity index (χ4n) is 3.36. The van der Waals surface area contributed by atoms with E-state index < -0.39 is 10.0 Å². The molecule has 2 saturated heterocycles. The van der Waals surface area contributed by atoms with Crippen molar-refractivity contribution in [3.63, 3.8) is 0 Å². The van der Waals surface area contributed by atoms with Crippen molar-refractivity contribution >= 4 is 15.9 Å². The van der Waals surface area contributed by atoms with Crippen molar-refractivity contribution in [1.82, 2.24) is 14.5 Å². The van der Waals surface area contributed by atoms with Crippen LogP contribution in [0.1, 0.15) is 17.5 Å². The van der Waals surface area contributed by atoms with Crippen molar-refractivity contribution in [3.8, 4) is 0 Å². The minimum Gasteiger partial charge on any atom is -0.336 e. The van der Waals surface area contributed by atoms with Gasteiger partial charge >= 0.3 is 0 Å². The fourth-order valence-corrected chi connectivity index (χ4v) is 4.66. The summed E-state index contributed by atoms with van der Waals surface area (Å²) in [5, 5.41) is 0. The van der Waals surface area contributed by atoms with Gasteiger partial charge in [-0.2, -0.15) is 0 Å². The fraction of sp³-hybridized carbons (Fsp3) is 0.562. The predicted octanol–water partition coefficient (Wildman–Crippen LogP) is 0.498.